The zero-order valence-electron chi connectivity index (χ0n) is 19.3. The summed E-state index contributed by atoms with van der Waals surface area (Å²) >= 11 is 6.15. The Balaban J connectivity index is 0.00000289. The fourth-order valence-electron chi connectivity index (χ4n) is 5.08. The molecule has 0 spiro atoms. The van der Waals surface area contributed by atoms with Crippen LogP contribution in [-0.2, 0) is 13.0 Å². The van der Waals surface area contributed by atoms with Crippen molar-refractivity contribution in [3.05, 3.63) is 104 Å². The number of rotatable bonds is 5. The molecule has 1 aliphatic rings. The number of nitrogens with zero attached hydrogens (tertiary/aromatic N) is 2. The lowest BCUT2D eigenvalue weighted by Gasteiger charge is -2.23. The first-order valence-corrected chi connectivity index (χ1v) is 12.2. The molecule has 1 saturated carbocycles. The Morgan fingerprint density at radius 3 is 2.40 bits per heavy atom. The van der Waals surface area contributed by atoms with Crippen LogP contribution < -0.4 is 11.0 Å². The van der Waals surface area contributed by atoms with E-state index in [1.807, 2.05) is 54.7 Å². The van der Waals surface area contributed by atoms with Crippen molar-refractivity contribution in [1.29, 1.82) is 0 Å². The maximum Gasteiger partial charge on any atom is 0.279 e. The van der Waals surface area contributed by atoms with Gasteiger partial charge >= 0.3 is 0 Å². The van der Waals surface area contributed by atoms with E-state index in [1.165, 1.54) is 19.3 Å². The van der Waals surface area contributed by atoms with Crippen molar-refractivity contribution in [3.63, 3.8) is 0 Å². The van der Waals surface area contributed by atoms with E-state index in [2.05, 4.69) is 0 Å². The first kappa shape index (κ1) is 25.1. The number of halogens is 2. The van der Waals surface area contributed by atoms with E-state index in [4.69, 9.17) is 11.6 Å². The molecule has 35 heavy (non-hydrogen) atoms. The van der Waals surface area contributed by atoms with Crippen molar-refractivity contribution < 1.29 is 5.11 Å². The predicted molar refractivity (Wildman–Crippen MR) is 143 cm³/mol. The molecule has 2 heterocycles. The van der Waals surface area contributed by atoms with Gasteiger partial charge in [0.25, 0.3) is 5.56 Å². The largest absolute Gasteiger partial charge is 0.503 e. The monoisotopic (exact) mass is 510 g/mol. The Hall–Kier alpha value is -3.02. The van der Waals surface area contributed by atoms with Crippen LogP contribution in [0.3, 0.4) is 0 Å². The lowest BCUT2D eigenvalue weighted by Crippen LogP contribution is -2.27. The van der Waals surface area contributed by atoms with Crippen molar-refractivity contribution in [3.8, 4) is 16.9 Å². The zero-order valence-corrected chi connectivity index (χ0v) is 20.9. The molecule has 1 N–H and O–H groups in total. The summed E-state index contributed by atoms with van der Waals surface area (Å²) in [7, 11) is 0. The van der Waals surface area contributed by atoms with E-state index >= 15 is 0 Å². The third kappa shape index (κ3) is 5.16. The van der Waals surface area contributed by atoms with Gasteiger partial charge in [0.15, 0.2) is 11.3 Å². The molecule has 0 bridgehead atoms. The van der Waals surface area contributed by atoms with Gasteiger partial charge in [-0.15, -0.1) is 12.4 Å². The van der Waals surface area contributed by atoms with Gasteiger partial charge in [-0.3, -0.25) is 9.59 Å². The second-order valence-corrected chi connectivity index (χ2v) is 9.63. The fourth-order valence-corrected chi connectivity index (χ4v) is 5.29. The minimum absolute atomic E-state index is 0. The van der Waals surface area contributed by atoms with Crippen LogP contribution in [0.4, 0.5) is 0 Å². The highest BCUT2D eigenvalue weighted by atomic mass is 35.5. The van der Waals surface area contributed by atoms with Crippen LogP contribution in [-0.4, -0.2) is 14.1 Å². The van der Waals surface area contributed by atoms with Gasteiger partial charge < -0.3 is 14.1 Å². The molecule has 7 heteroatoms. The number of benzene rings is 2. The number of hydrogen-bond acceptors (Lipinski definition) is 3. The van der Waals surface area contributed by atoms with Crippen molar-refractivity contribution in [1.82, 2.24) is 8.97 Å². The number of pyridine rings is 1. The molecule has 2 aromatic carbocycles. The topological polar surface area (TPSA) is 63.7 Å². The van der Waals surface area contributed by atoms with Crippen LogP contribution in [0.1, 0.15) is 43.4 Å². The van der Waals surface area contributed by atoms with E-state index in [0.29, 0.717) is 28.6 Å². The average molecular weight is 511 g/mol. The van der Waals surface area contributed by atoms with E-state index < -0.39 is 16.7 Å². The van der Waals surface area contributed by atoms with Crippen molar-refractivity contribution in [2.75, 3.05) is 0 Å². The molecule has 182 valence electrons. The second kappa shape index (κ2) is 10.7. The predicted octanol–water partition coefficient (Wildman–Crippen LogP) is 6.08. The van der Waals surface area contributed by atoms with Gasteiger partial charge in [-0.1, -0.05) is 86.2 Å². The molecule has 0 radical (unpaired) electrons. The fraction of sp³-hybridized carbons (Fsp3) is 0.286. The molecule has 4 aromatic rings. The average Bonchev–Trinajstić information content (AvgIpc) is 2.85. The van der Waals surface area contributed by atoms with Crippen LogP contribution in [0.25, 0.3) is 16.6 Å². The Morgan fingerprint density at radius 2 is 1.69 bits per heavy atom. The van der Waals surface area contributed by atoms with Gasteiger partial charge in [0.05, 0.1) is 6.54 Å². The highest BCUT2D eigenvalue weighted by Gasteiger charge is 2.21. The molecule has 0 unspecified atom stereocenters. The van der Waals surface area contributed by atoms with E-state index in [1.54, 1.807) is 21.2 Å². The lowest BCUT2D eigenvalue weighted by molar-refractivity contribution is 0.352. The van der Waals surface area contributed by atoms with E-state index in [0.717, 1.165) is 30.5 Å². The number of hydrogen-bond donors (Lipinski definition) is 1. The first-order valence-electron chi connectivity index (χ1n) is 11.8. The minimum Gasteiger partial charge on any atom is -0.503 e. The zero-order chi connectivity index (χ0) is 23.7. The Bertz CT molecular complexity index is 1460. The SMILES string of the molecule is Cl.O=c1c(-c2ccccc2)cn2c(CC3CCCCC3)cn(Cc3cccc(Cl)c3)c(=O)c2c1O. The summed E-state index contributed by atoms with van der Waals surface area (Å²) in [6, 6.07) is 16.6. The molecule has 0 amide bonds. The van der Waals surface area contributed by atoms with Gasteiger partial charge in [0.2, 0.25) is 5.43 Å². The van der Waals surface area contributed by atoms with Crippen molar-refractivity contribution in [2.45, 2.75) is 45.1 Å². The highest BCUT2D eigenvalue weighted by molar-refractivity contribution is 6.30. The molecule has 5 nitrogen and oxygen atoms in total. The number of aromatic nitrogens is 2. The Morgan fingerprint density at radius 1 is 0.943 bits per heavy atom. The summed E-state index contributed by atoms with van der Waals surface area (Å²) in [6.07, 6.45) is 10.3. The molecular formula is C28H28Cl2N2O3. The summed E-state index contributed by atoms with van der Waals surface area (Å²) in [4.78, 5) is 26.6. The second-order valence-electron chi connectivity index (χ2n) is 9.20. The van der Waals surface area contributed by atoms with Crippen LogP contribution in [0, 0.1) is 5.92 Å². The quantitative estimate of drug-likeness (QED) is 0.353. The summed E-state index contributed by atoms with van der Waals surface area (Å²) in [5.41, 5.74) is 1.98. The van der Waals surface area contributed by atoms with E-state index in [-0.39, 0.29) is 17.9 Å². The minimum atomic E-state index is -0.535. The molecule has 0 saturated heterocycles. The molecule has 1 fully saturated rings. The molecule has 2 aromatic heterocycles. The molecule has 0 atom stereocenters. The standard InChI is InChI=1S/C28H27ClN2O3.ClH/c29-22-13-7-10-20(14-22)16-30-17-23(15-19-8-3-1-4-9-19)31-18-24(21-11-5-2-6-12-21)26(32)27(33)25(31)28(30)34;/h2,5-7,10-14,17-19,33H,1,3-4,8-9,15-16H2;1H. The normalized spacial score (nSPS) is 14.1. The summed E-state index contributed by atoms with van der Waals surface area (Å²) in [5, 5.41) is 11.6. The number of aromatic hydroxyl groups is 1. The molecule has 5 rings (SSSR count). The highest BCUT2D eigenvalue weighted by Crippen LogP contribution is 2.28. The maximum absolute atomic E-state index is 13.5. The number of fused-ring (bicyclic) bond motifs is 1. The van der Waals surface area contributed by atoms with Gasteiger partial charge in [-0.25, -0.2) is 0 Å². The van der Waals surface area contributed by atoms with Gasteiger partial charge in [0.1, 0.15) is 0 Å². The molecule has 1 aliphatic carbocycles. The smallest absolute Gasteiger partial charge is 0.279 e. The van der Waals surface area contributed by atoms with Crippen molar-refractivity contribution >= 4 is 29.5 Å². The Kier molecular flexibility index (Phi) is 7.68. The van der Waals surface area contributed by atoms with Gasteiger partial charge in [-0.05, 0) is 35.6 Å². The Labute approximate surface area is 215 Å². The third-order valence-corrected chi connectivity index (χ3v) is 7.05. The molecule has 0 aliphatic heterocycles. The van der Waals surface area contributed by atoms with Crippen LogP contribution >= 0.6 is 24.0 Å². The molecular weight excluding hydrogens is 483 g/mol. The summed E-state index contributed by atoms with van der Waals surface area (Å²) in [5.74, 6) is 0.00695. The van der Waals surface area contributed by atoms with Gasteiger partial charge in [-0.2, -0.15) is 0 Å². The first-order chi connectivity index (χ1) is 16.5. The lowest BCUT2D eigenvalue weighted by atomic mass is 9.86. The summed E-state index contributed by atoms with van der Waals surface area (Å²) < 4.78 is 3.32. The van der Waals surface area contributed by atoms with Crippen LogP contribution in [0.15, 0.2) is 76.6 Å². The summed E-state index contributed by atoms with van der Waals surface area (Å²) in [6.45, 7) is 0.307. The van der Waals surface area contributed by atoms with Crippen molar-refractivity contribution in [2.24, 2.45) is 5.92 Å². The van der Waals surface area contributed by atoms with E-state index in [9.17, 15) is 14.7 Å². The van der Waals surface area contributed by atoms with Crippen LogP contribution in [0.2, 0.25) is 5.02 Å². The van der Waals surface area contributed by atoms with Crippen LogP contribution in [0.5, 0.6) is 5.75 Å². The van der Waals surface area contributed by atoms with Gasteiger partial charge in [0, 0.05) is 28.7 Å². The third-order valence-electron chi connectivity index (χ3n) is 6.81. The maximum atomic E-state index is 13.5.